The van der Waals surface area contributed by atoms with E-state index in [0.717, 1.165) is 22.3 Å². The molecule has 0 saturated carbocycles. The lowest BCUT2D eigenvalue weighted by atomic mass is 10.1. The van der Waals surface area contributed by atoms with Gasteiger partial charge in [0.15, 0.2) is 12.5 Å². The van der Waals surface area contributed by atoms with Crippen LogP contribution in [-0.4, -0.2) is 81.8 Å². The van der Waals surface area contributed by atoms with Crippen LogP contribution in [0.1, 0.15) is 22.3 Å². The van der Waals surface area contributed by atoms with Crippen molar-refractivity contribution in [3.8, 4) is 34.5 Å². The molecule has 2 atom stereocenters. The summed E-state index contributed by atoms with van der Waals surface area (Å²) in [6, 6.07) is 32.4. The van der Waals surface area contributed by atoms with Crippen LogP contribution >= 0.6 is 0 Å². The summed E-state index contributed by atoms with van der Waals surface area (Å²) in [5.74, 6) is 3.59. The molecule has 0 N–H and O–H groups in total. The van der Waals surface area contributed by atoms with Crippen LogP contribution < -0.4 is 28.4 Å². The second-order valence-electron chi connectivity index (χ2n) is 12.6. The number of ether oxygens (including phenoxy) is 8. The first-order chi connectivity index (χ1) is 27.4. The molecule has 5 aromatic rings. The molecule has 0 bridgehead atoms. The normalized spacial score (nSPS) is 12.0. The number of pyridine rings is 1. The van der Waals surface area contributed by atoms with Gasteiger partial charge in [-0.1, -0.05) is 48.5 Å². The molecule has 0 aliphatic rings. The molecule has 0 amide bonds. The summed E-state index contributed by atoms with van der Waals surface area (Å²) in [4.78, 5) is 31.9. The van der Waals surface area contributed by atoms with Gasteiger partial charge in [0.2, 0.25) is 0 Å². The second-order valence-corrected chi connectivity index (χ2v) is 12.6. The molecule has 0 fully saturated rings. The number of hydrogen-bond acceptors (Lipinski definition) is 13. The van der Waals surface area contributed by atoms with Gasteiger partial charge in [-0.05, 0) is 70.8 Å². The Hall–Kier alpha value is -6.31. The summed E-state index contributed by atoms with van der Waals surface area (Å²) in [5.41, 5.74) is 3.79. The molecule has 1 heterocycles. The van der Waals surface area contributed by atoms with Gasteiger partial charge in [-0.3, -0.25) is 24.4 Å². The molecule has 2 unspecified atom stereocenters. The molecule has 5 rings (SSSR count). The second kappa shape index (κ2) is 21.5. The van der Waals surface area contributed by atoms with Crippen molar-refractivity contribution in [1.29, 1.82) is 0 Å². The predicted octanol–water partition coefficient (Wildman–Crippen LogP) is 6.28. The van der Waals surface area contributed by atoms with Gasteiger partial charge in [0, 0.05) is 32.2 Å². The van der Waals surface area contributed by atoms with Crippen LogP contribution in [0.15, 0.2) is 116 Å². The Morgan fingerprint density at radius 3 is 1.09 bits per heavy atom. The Bertz CT molecular complexity index is 1740. The third-order valence-electron chi connectivity index (χ3n) is 8.79. The van der Waals surface area contributed by atoms with Crippen LogP contribution in [0.25, 0.3) is 0 Å². The van der Waals surface area contributed by atoms with Gasteiger partial charge in [0.05, 0.1) is 40.8 Å². The zero-order valence-corrected chi connectivity index (χ0v) is 31.9. The SMILES string of the molecule is COc1cccc(CN(Cc2cccc(OC)c2)C(COc2cncc(OCC(OC=O)N(Cc3cccc(OC)c3)Cc3cccc(OC)c3)c2)OC=O)c1. The van der Waals surface area contributed by atoms with Gasteiger partial charge < -0.3 is 37.9 Å². The summed E-state index contributed by atoms with van der Waals surface area (Å²) in [6.45, 7) is 2.43. The van der Waals surface area contributed by atoms with Gasteiger partial charge in [-0.25, -0.2) is 0 Å². The minimum atomic E-state index is -0.790. The Labute approximate surface area is 327 Å². The van der Waals surface area contributed by atoms with Crippen LogP contribution in [0.3, 0.4) is 0 Å². The fourth-order valence-electron chi connectivity index (χ4n) is 6.02. The zero-order valence-electron chi connectivity index (χ0n) is 31.9. The lowest BCUT2D eigenvalue weighted by Crippen LogP contribution is -2.40. The molecule has 0 saturated heterocycles. The van der Waals surface area contributed by atoms with E-state index in [4.69, 9.17) is 37.9 Å². The molecular weight excluding hydrogens is 718 g/mol. The van der Waals surface area contributed by atoms with Crippen LogP contribution in [0.4, 0.5) is 0 Å². The fraction of sp³-hybridized carbons (Fsp3) is 0.279. The molecule has 294 valence electrons. The minimum absolute atomic E-state index is 0.0243. The van der Waals surface area contributed by atoms with E-state index in [2.05, 4.69) is 4.98 Å². The first kappa shape index (κ1) is 40.9. The smallest absolute Gasteiger partial charge is 0.294 e. The highest BCUT2D eigenvalue weighted by atomic mass is 16.6. The minimum Gasteiger partial charge on any atom is -0.497 e. The third-order valence-corrected chi connectivity index (χ3v) is 8.79. The maximum Gasteiger partial charge on any atom is 0.294 e. The Balaban J connectivity index is 1.32. The van der Waals surface area contributed by atoms with Crippen LogP contribution in [0.2, 0.25) is 0 Å². The number of aromatic nitrogens is 1. The molecule has 0 radical (unpaired) electrons. The number of nitrogens with zero attached hydrogens (tertiary/aromatic N) is 3. The molecule has 4 aromatic carbocycles. The maximum atomic E-state index is 11.8. The summed E-state index contributed by atoms with van der Waals surface area (Å²) in [5, 5.41) is 0. The molecular formula is C43H47N3O10. The molecule has 0 aliphatic heterocycles. The summed E-state index contributed by atoms with van der Waals surface area (Å²) in [6.07, 6.45) is 1.50. The van der Waals surface area contributed by atoms with Crippen molar-refractivity contribution in [1.82, 2.24) is 14.8 Å². The van der Waals surface area contributed by atoms with Gasteiger partial charge in [0.1, 0.15) is 47.7 Å². The highest BCUT2D eigenvalue weighted by Crippen LogP contribution is 2.25. The average molecular weight is 766 g/mol. The van der Waals surface area contributed by atoms with Crippen molar-refractivity contribution in [3.63, 3.8) is 0 Å². The van der Waals surface area contributed by atoms with Crippen LogP contribution in [0, 0.1) is 0 Å². The topological polar surface area (TPSA) is 127 Å². The number of hydrogen-bond donors (Lipinski definition) is 0. The first-order valence-electron chi connectivity index (χ1n) is 17.8. The van der Waals surface area contributed by atoms with Gasteiger partial charge in [-0.15, -0.1) is 0 Å². The van der Waals surface area contributed by atoms with Crippen LogP contribution in [-0.2, 0) is 45.2 Å². The number of rotatable bonds is 24. The van der Waals surface area contributed by atoms with E-state index < -0.39 is 12.5 Å². The number of carbonyl (C=O) groups excluding carboxylic acids is 2. The fourth-order valence-corrected chi connectivity index (χ4v) is 6.02. The van der Waals surface area contributed by atoms with Crippen molar-refractivity contribution in [2.24, 2.45) is 0 Å². The lowest BCUT2D eigenvalue weighted by Gasteiger charge is -2.31. The Morgan fingerprint density at radius 2 is 0.804 bits per heavy atom. The van der Waals surface area contributed by atoms with Crippen molar-refractivity contribution in [2.45, 2.75) is 38.6 Å². The van der Waals surface area contributed by atoms with E-state index in [9.17, 15) is 9.59 Å². The summed E-state index contributed by atoms with van der Waals surface area (Å²) in [7, 11) is 6.45. The third kappa shape index (κ3) is 12.4. The van der Waals surface area contributed by atoms with Crippen molar-refractivity contribution < 1.29 is 47.5 Å². The van der Waals surface area contributed by atoms with E-state index in [1.807, 2.05) is 107 Å². The van der Waals surface area contributed by atoms with E-state index in [0.29, 0.717) is 73.6 Å². The number of methoxy groups -OCH3 is 4. The molecule has 13 nitrogen and oxygen atoms in total. The molecule has 1 aromatic heterocycles. The largest absolute Gasteiger partial charge is 0.497 e. The molecule has 56 heavy (non-hydrogen) atoms. The molecule has 13 heteroatoms. The monoisotopic (exact) mass is 765 g/mol. The number of benzene rings is 4. The van der Waals surface area contributed by atoms with Crippen molar-refractivity contribution in [3.05, 3.63) is 138 Å². The summed E-state index contributed by atoms with van der Waals surface area (Å²) < 4.78 is 45.3. The quantitative estimate of drug-likeness (QED) is 0.0518. The maximum absolute atomic E-state index is 11.8. The molecule has 0 spiro atoms. The zero-order chi connectivity index (χ0) is 39.5. The van der Waals surface area contributed by atoms with Crippen molar-refractivity contribution >= 4 is 12.9 Å². The van der Waals surface area contributed by atoms with Gasteiger partial charge in [0.25, 0.3) is 12.9 Å². The Kier molecular flexibility index (Phi) is 15.7. The lowest BCUT2D eigenvalue weighted by molar-refractivity contribution is -0.149. The van der Waals surface area contributed by atoms with Gasteiger partial charge in [-0.2, -0.15) is 0 Å². The van der Waals surface area contributed by atoms with E-state index in [-0.39, 0.29) is 13.2 Å². The highest BCUT2D eigenvalue weighted by molar-refractivity contribution is 5.38. The Morgan fingerprint density at radius 1 is 0.482 bits per heavy atom. The first-order valence-corrected chi connectivity index (χ1v) is 17.8. The standard InChI is InChI=1S/C43H47N3O10/c1-49-36-13-5-9-32(17-36)24-45(25-33-10-6-14-37(18-33)50-2)42(55-30-47)28-53-40-21-41(23-44-22-40)54-29-43(56-31-48)46(26-34-11-7-15-38(19-34)51-3)27-35-12-8-16-39(20-35)52-4/h5-23,30-31,42-43H,24-29H2,1-4H3. The predicted molar refractivity (Wildman–Crippen MR) is 208 cm³/mol. The van der Waals surface area contributed by atoms with Gasteiger partial charge >= 0.3 is 0 Å². The van der Waals surface area contributed by atoms with E-state index in [1.165, 1.54) is 12.4 Å². The summed E-state index contributed by atoms with van der Waals surface area (Å²) >= 11 is 0. The van der Waals surface area contributed by atoms with E-state index in [1.54, 1.807) is 34.5 Å². The number of carbonyl (C=O) groups is 2. The van der Waals surface area contributed by atoms with Crippen LogP contribution in [0.5, 0.6) is 34.5 Å². The highest BCUT2D eigenvalue weighted by Gasteiger charge is 2.24. The average Bonchev–Trinajstić information content (AvgIpc) is 3.23. The molecule has 0 aliphatic carbocycles. The van der Waals surface area contributed by atoms with Crippen molar-refractivity contribution in [2.75, 3.05) is 41.7 Å². The van der Waals surface area contributed by atoms with E-state index >= 15 is 0 Å².